The van der Waals surface area contributed by atoms with E-state index in [2.05, 4.69) is 16.0 Å². The normalized spacial score (nSPS) is 15.4. The third kappa shape index (κ3) is 4.44. The predicted octanol–water partition coefficient (Wildman–Crippen LogP) is 2.03. The molecule has 1 aromatic carbocycles. The average Bonchev–Trinajstić information content (AvgIpc) is 3.25. The highest BCUT2D eigenvalue weighted by molar-refractivity contribution is 6.34. The second-order valence-electron chi connectivity index (χ2n) is 5.39. The van der Waals surface area contributed by atoms with Crippen molar-refractivity contribution in [2.24, 2.45) is 5.92 Å². The third-order valence-electron chi connectivity index (χ3n) is 3.35. The van der Waals surface area contributed by atoms with Gasteiger partial charge in [0, 0.05) is 24.2 Å². The van der Waals surface area contributed by atoms with Gasteiger partial charge in [0.2, 0.25) is 5.91 Å². The summed E-state index contributed by atoms with van der Waals surface area (Å²) < 4.78 is 0. The van der Waals surface area contributed by atoms with E-state index < -0.39 is 0 Å². The molecule has 1 aliphatic carbocycles. The summed E-state index contributed by atoms with van der Waals surface area (Å²) >= 11 is 6.06. The van der Waals surface area contributed by atoms with Gasteiger partial charge < -0.3 is 16.0 Å². The lowest BCUT2D eigenvalue weighted by molar-refractivity contribution is -0.119. The molecule has 0 bridgehead atoms. The van der Waals surface area contributed by atoms with Crippen molar-refractivity contribution < 1.29 is 9.59 Å². The van der Waals surface area contributed by atoms with Crippen LogP contribution in [0.25, 0.3) is 0 Å². The van der Waals surface area contributed by atoms with Crippen molar-refractivity contribution in [1.82, 2.24) is 10.6 Å². The quantitative estimate of drug-likeness (QED) is 0.753. The summed E-state index contributed by atoms with van der Waals surface area (Å²) in [5, 5.41) is 9.03. The van der Waals surface area contributed by atoms with Gasteiger partial charge in [0.1, 0.15) is 0 Å². The van der Waals surface area contributed by atoms with Crippen LogP contribution in [0.2, 0.25) is 5.02 Å². The van der Waals surface area contributed by atoms with Crippen LogP contribution in [0.3, 0.4) is 0 Å². The Morgan fingerprint density at radius 2 is 2.10 bits per heavy atom. The van der Waals surface area contributed by atoms with Crippen molar-refractivity contribution in [1.29, 1.82) is 0 Å². The van der Waals surface area contributed by atoms with Gasteiger partial charge in [-0.25, -0.2) is 0 Å². The molecule has 0 saturated heterocycles. The Morgan fingerprint density at radius 1 is 1.38 bits per heavy atom. The van der Waals surface area contributed by atoms with Crippen LogP contribution >= 0.6 is 11.6 Å². The molecule has 1 unspecified atom stereocenters. The monoisotopic (exact) mass is 309 g/mol. The van der Waals surface area contributed by atoms with Gasteiger partial charge in [-0.1, -0.05) is 18.5 Å². The minimum Gasteiger partial charge on any atom is -0.349 e. The molecule has 114 valence electrons. The number of hydrogen-bond acceptors (Lipinski definition) is 3. The van der Waals surface area contributed by atoms with Crippen LogP contribution < -0.4 is 16.0 Å². The Kier molecular flexibility index (Phi) is 5.20. The van der Waals surface area contributed by atoms with Gasteiger partial charge >= 0.3 is 0 Å². The van der Waals surface area contributed by atoms with Gasteiger partial charge in [-0.15, -0.1) is 0 Å². The molecular weight excluding hydrogens is 290 g/mol. The minimum atomic E-state index is -0.193. The number of hydrogen-bond donors (Lipinski definition) is 3. The molecule has 0 heterocycles. The molecule has 2 amide bonds. The van der Waals surface area contributed by atoms with E-state index in [1.807, 2.05) is 6.92 Å². The van der Waals surface area contributed by atoms with Crippen LogP contribution in [0.1, 0.15) is 30.1 Å². The average molecular weight is 310 g/mol. The third-order valence-corrected chi connectivity index (χ3v) is 3.68. The number of carbonyl (C=O) groups excluding carboxylic acids is 2. The van der Waals surface area contributed by atoms with Gasteiger partial charge in [-0.3, -0.25) is 9.59 Å². The van der Waals surface area contributed by atoms with E-state index >= 15 is 0 Å². The van der Waals surface area contributed by atoms with Crippen molar-refractivity contribution in [2.75, 3.05) is 18.9 Å². The first-order valence-electron chi connectivity index (χ1n) is 7.07. The Hall–Kier alpha value is -1.59. The molecule has 3 N–H and O–H groups in total. The Bertz CT molecular complexity index is 544. The first kappa shape index (κ1) is 15.8. The highest BCUT2D eigenvalue weighted by atomic mass is 35.5. The second-order valence-corrected chi connectivity index (χ2v) is 5.80. The molecule has 5 nitrogen and oxygen atoms in total. The van der Waals surface area contributed by atoms with Crippen LogP contribution in [-0.2, 0) is 4.79 Å². The van der Waals surface area contributed by atoms with Crippen molar-refractivity contribution in [3.8, 4) is 0 Å². The van der Waals surface area contributed by atoms with Gasteiger partial charge in [-0.05, 0) is 38.1 Å². The first-order chi connectivity index (χ1) is 10.0. The molecule has 1 aromatic rings. The molecule has 0 radical (unpaired) electrons. The molecule has 1 saturated carbocycles. The van der Waals surface area contributed by atoms with E-state index in [1.165, 1.54) is 0 Å². The summed E-state index contributed by atoms with van der Waals surface area (Å²) in [6.45, 7) is 2.43. The fourth-order valence-corrected chi connectivity index (χ4v) is 2.14. The smallest absolute Gasteiger partial charge is 0.253 e. The largest absolute Gasteiger partial charge is 0.349 e. The molecule has 21 heavy (non-hydrogen) atoms. The summed E-state index contributed by atoms with van der Waals surface area (Å²) in [5.41, 5.74) is 0.968. The van der Waals surface area contributed by atoms with Crippen LogP contribution in [0.5, 0.6) is 0 Å². The lowest BCUT2D eigenvalue weighted by atomic mass is 10.1. The number of rotatable bonds is 6. The Balaban J connectivity index is 2.06. The van der Waals surface area contributed by atoms with Gasteiger partial charge in [0.05, 0.1) is 10.6 Å². The summed E-state index contributed by atoms with van der Waals surface area (Å²) in [6, 6.07) is 5.20. The van der Waals surface area contributed by atoms with Gasteiger partial charge in [-0.2, -0.15) is 0 Å². The Labute approximate surface area is 129 Å². The van der Waals surface area contributed by atoms with E-state index in [4.69, 9.17) is 11.6 Å². The van der Waals surface area contributed by atoms with E-state index in [-0.39, 0.29) is 23.8 Å². The van der Waals surface area contributed by atoms with Crippen molar-refractivity contribution in [3.05, 3.63) is 28.8 Å². The molecular formula is C15H20ClN3O2. The summed E-state index contributed by atoms with van der Waals surface area (Å²) in [6.07, 6.45) is 2.03. The fourth-order valence-electron chi connectivity index (χ4n) is 1.93. The van der Waals surface area contributed by atoms with Crippen molar-refractivity contribution in [3.63, 3.8) is 0 Å². The van der Waals surface area contributed by atoms with Crippen LogP contribution in [0, 0.1) is 5.92 Å². The molecule has 1 fully saturated rings. The maximum atomic E-state index is 12.1. The number of amides is 2. The fraction of sp³-hybridized carbons (Fsp3) is 0.467. The molecule has 1 aliphatic rings. The first-order valence-corrected chi connectivity index (χ1v) is 7.45. The maximum absolute atomic E-state index is 12.1. The minimum absolute atomic E-state index is 0.0970. The predicted molar refractivity (Wildman–Crippen MR) is 83.7 cm³/mol. The van der Waals surface area contributed by atoms with Crippen LogP contribution in [-0.4, -0.2) is 31.4 Å². The summed E-state index contributed by atoms with van der Waals surface area (Å²) in [5.74, 6) is -0.448. The Morgan fingerprint density at radius 3 is 2.71 bits per heavy atom. The number of anilines is 1. The molecule has 0 aromatic heterocycles. The van der Waals surface area contributed by atoms with Crippen LogP contribution in [0.4, 0.5) is 5.69 Å². The van der Waals surface area contributed by atoms with Gasteiger partial charge in [0.25, 0.3) is 5.91 Å². The summed E-state index contributed by atoms with van der Waals surface area (Å²) in [7, 11) is 1.80. The van der Waals surface area contributed by atoms with Crippen molar-refractivity contribution in [2.45, 2.75) is 25.8 Å². The number of carbonyl (C=O) groups is 2. The molecule has 6 heteroatoms. The van der Waals surface area contributed by atoms with Gasteiger partial charge in [0.15, 0.2) is 0 Å². The SMILES string of the molecule is CNCC(C)C(=O)Nc1ccc(Cl)c(C(=O)NC2CC2)c1. The highest BCUT2D eigenvalue weighted by Gasteiger charge is 2.25. The maximum Gasteiger partial charge on any atom is 0.253 e. The van der Waals surface area contributed by atoms with E-state index in [0.717, 1.165) is 12.8 Å². The molecule has 0 spiro atoms. The van der Waals surface area contributed by atoms with Crippen molar-refractivity contribution >= 4 is 29.1 Å². The number of halogens is 1. The van der Waals surface area contributed by atoms with Crippen LogP contribution in [0.15, 0.2) is 18.2 Å². The molecule has 0 aliphatic heterocycles. The number of benzene rings is 1. The highest BCUT2D eigenvalue weighted by Crippen LogP contribution is 2.24. The van der Waals surface area contributed by atoms with E-state index in [1.54, 1.807) is 25.2 Å². The topological polar surface area (TPSA) is 70.2 Å². The second kappa shape index (κ2) is 6.91. The zero-order valence-electron chi connectivity index (χ0n) is 12.2. The molecule has 1 atom stereocenters. The zero-order chi connectivity index (χ0) is 15.4. The standard InChI is InChI=1S/C15H20ClN3O2/c1-9(8-17-2)14(20)19-11-5-6-13(16)12(7-11)15(21)18-10-3-4-10/h5-7,9-10,17H,3-4,8H2,1-2H3,(H,18,21)(H,19,20). The van der Waals surface area contributed by atoms with E-state index in [0.29, 0.717) is 22.8 Å². The lowest BCUT2D eigenvalue weighted by Crippen LogP contribution is -2.29. The van der Waals surface area contributed by atoms with E-state index in [9.17, 15) is 9.59 Å². The zero-order valence-corrected chi connectivity index (χ0v) is 13.0. The number of nitrogens with one attached hydrogen (secondary N) is 3. The lowest BCUT2D eigenvalue weighted by Gasteiger charge is -2.13. The summed E-state index contributed by atoms with van der Waals surface area (Å²) in [4.78, 5) is 24.0. The molecule has 2 rings (SSSR count).